The number of benzene rings is 1. The van der Waals surface area contributed by atoms with E-state index in [1.807, 2.05) is 24.0 Å². The largest absolute Gasteiger partial charge is 0.348 e. The van der Waals surface area contributed by atoms with Crippen molar-refractivity contribution in [2.45, 2.75) is 32.7 Å². The van der Waals surface area contributed by atoms with Crippen molar-refractivity contribution < 1.29 is 9.59 Å². The molecule has 6 nitrogen and oxygen atoms in total. The molecule has 0 saturated carbocycles. The standard InChI is InChI=1S/C20H31ClN4O2/c1-5-25-11-7-8-16(25)12-24(14-20(27)23(3)4)13-19(26)22-18-10-6-9-17(21)15(18)2/h6,9-10,16H,5,7-8,11-14H2,1-4H3,(H,22,26)/t16-/m1/s1. The molecule has 150 valence electrons. The summed E-state index contributed by atoms with van der Waals surface area (Å²) < 4.78 is 0. The molecule has 2 rings (SSSR count). The van der Waals surface area contributed by atoms with Crippen LogP contribution in [0.2, 0.25) is 5.02 Å². The summed E-state index contributed by atoms with van der Waals surface area (Å²) >= 11 is 6.13. The van der Waals surface area contributed by atoms with E-state index < -0.39 is 0 Å². The number of carbonyl (C=O) groups excluding carboxylic acids is 2. The number of rotatable bonds is 8. The molecule has 0 aliphatic carbocycles. The van der Waals surface area contributed by atoms with Crippen molar-refractivity contribution in [2.75, 3.05) is 52.1 Å². The maximum absolute atomic E-state index is 12.6. The van der Waals surface area contributed by atoms with Crippen molar-refractivity contribution in [1.82, 2.24) is 14.7 Å². The van der Waals surface area contributed by atoms with Crippen LogP contribution in [0.15, 0.2) is 18.2 Å². The normalized spacial score (nSPS) is 17.3. The molecule has 0 aromatic heterocycles. The van der Waals surface area contributed by atoms with Crippen LogP contribution in [-0.4, -0.2) is 79.4 Å². The second-order valence-corrected chi connectivity index (χ2v) is 7.75. The predicted octanol–water partition coefficient (Wildman–Crippen LogP) is 2.46. The topological polar surface area (TPSA) is 55.9 Å². The third-order valence-electron chi connectivity index (χ3n) is 5.14. The van der Waals surface area contributed by atoms with Gasteiger partial charge in [0.1, 0.15) is 0 Å². The second-order valence-electron chi connectivity index (χ2n) is 7.34. The first-order chi connectivity index (χ1) is 12.8. The number of likely N-dealkylation sites (N-methyl/N-ethyl adjacent to an activating group) is 2. The summed E-state index contributed by atoms with van der Waals surface area (Å²) in [5.41, 5.74) is 1.55. The van der Waals surface area contributed by atoms with E-state index in [-0.39, 0.29) is 24.9 Å². The Kier molecular flexibility index (Phi) is 8.07. The Labute approximate surface area is 167 Å². The van der Waals surface area contributed by atoms with E-state index in [4.69, 9.17) is 11.6 Å². The maximum Gasteiger partial charge on any atom is 0.238 e. The number of nitrogens with zero attached hydrogens (tertiary/aromatic N) is 3. The number of hydrogen-bond donors (Lipinski definition) is 1. The predicted molar refractivity (Wildman–Crippen MR) is 110 cm³/mol. The molecule has 1 fully saturated rings. The van der Waals surface area contributed by atoms with Gasteiger partial charge in [-0.2, -0.15) is 0 Å². The van der Waals surface area contributed by atoms with E-state index in [2.05, 4.69) is 17.1 Å². The molecular weight excluding hydrogens is 364 g/mol. The SMILES string of the molecule is CCN1CCC[C@@H]1CN(CC(=O)Nc1cccc(Cl)c1C)CC(=O)N(C)C. The average molecular weight is 395 g/mol. The Morgan fingerprint density at radius 2 is 2.04 bits per heavy atom. The molecule has 1 aliphatic heterocycles. The number of nitrogens with one attached hydrogen (secondary N) is 1. The first-order valence-corrected chi connectivity index (χ1v) is 9.91. The van der Waals surface area contributed by atoms with Crippen molar-refractivity contribution in [3.05, 3.63) is 28.8 Å². The van der Waals surface area contributed by atoms with Crippen molar-refractivity contribution in [3.8, 4) is 0 Å². The van der Waals surface area contributed by atoms with Crippen molar-refractivity contribution >= 4 is 29.1 Å². The molecule has 1 heterocycles. The van der Waals surface area contributed by atoms with Gasteiger partial charge in [-0.15, -0.1) is 0 Å². The van der Waals surface area contributed by atoms with Gasteiger partial charge < -0.3 is 10.2 Å². The minimum atomic E-state index is -0.132. The van der Waals surface area contributed by atoms with E-state index in [1.54, 1.807) is 25.1 Å². The first kappa shape index (κ1) is 21.7. The van der Waals surface area contributed by atoms with Gasteiger partial charge in [0.2, 0.25) is 11.8 Å². The van der Waals surface area contributed by atoms with Crippen LogP contribution in [0.3, 0.4) is 0 Å². The lowest BCUT2D eigenvalue weighted by molar-refractivity contribution is -0.130. The quantitative estimate of drug-likeness (QED) is 0.735. The summed E-state index contributed by atoms with van der Waals surface area (Å²) in [6.07, 6.45) is 2.28. The van der Waals surface area contributed by atoms with Gasteiger partial charge in [0, 0.05) is 37.4 Å². The van der Waals surface area contributed by atoms with Crippen LogP contribution < -0.4 is 5.32 Å². The highest BCUT2D eigenvalue weighted by Gasteiger charge is 2.27. The van der Waals surface area contributed by atoms with Gasteiger partial charge in [-0.05, 0) is 50.6 Å². The average Bonchev–Trinajstić information content (AvgIpc) is 3.05. The molecule has 27 heavy (non-hydrogen) atoms. The van der Waals surface area contributed by atoms with Crippen LogP contribution in [0.5, 0.6) is 0 Å². The zero-order valence-corrected chi connectivity index (χ0v) is 17.6. The molecule has 1 aromatic rings. The van der Waals surface area contributed by atoms with Crippen LogP contribution in [0.1, 0.15) is 25.3 Å². The highest BCUT2D eigenvalue weighted by atomic mass is 35.5. The van der Waals surface area contributed by atoms with E-state index in [0.29, 0.717) is 16.8 Å². The lowest BCUT2D eigenvalue weighted by Crippen LogP contribution is -2.47. The Hall–Kier alpha value is -1.63. The third-order valence-corrected chi connectivity index (χ3v) is 5.55. The molecule has 1 aromatic carbocycles. The molecule has 0 unspecified atom stereocenters. The van der Waals surface area contributed by atoms with Gasteiger partial charge in [0.05, 0.1) is 13.1 Å². The number of halogens is 1. The zero-order valence-electron chi connectivity index (χ0n) is 16.8. The monoisotopic (exact) mass is 394 g/mol. The maximum atomic E-state index is 12.6. The van der Waals surface area contributed by atoms with E-state index >= 15 is 0 Å². The van der Waals surface area contributed by atoms with Gasteiger partial charge in [-0.3, -0.25) is 19.4 Å². The fraction of sp³-hybridized carbons (Fsp3) is 0.600. The minimum absolute atomic E-state index is 0.00258. The Balaban J connectivity index is 2.04. The smallest absolute Gasteiger partial charge is 0.238 e. The molecule has 2 amide bonds. The van der Waals surface area contributed by atoms with Gasteiger partial charge in [-0.1, -0.05) is 24.6 Å². The van der Waals surface area contributed by atoms with Crippen LogP contribution in [0.25, 0.3) is 0 Å². The first-order valence-electron chi connectivity index (χ1n) is 9.53. The molecule has 0 spiro atoms. The molecule has 0 radical (unpaired) electrons. The summed E-state index contributed by atoms with van der Waals surface area (Å²) in [4.78, 5) is 30.8. The second kappa shape index (κ2) is 10.1. The highest BCUT2D eigenvalue weighted by molar-refractivity contribution is 6.31. The molecule has 1 atom stereocenters. The Morgan fingerprint density at radius 3 is 2.70 bits per heavy atom. The summed E-state index contributed by atoms with van der Waals surface area (Å²) in [6, 6.07) is 5.85. The highest BCUT2D eigenvalue weighted by Crippen LogP contribution is 2.23. The van der Waals surface area contributed by atoms with Gasteiger partial charge in [0.15, 0.2) is 0 Å². The lowest BCUT2D eigenvalue weighted by atomic mass is 10.2. The van der Waals surface area contributed by atoms with E-state index in [0.717, 1.165) is 31.6 Å². The summed E-state index contributed by atoms with van der Waals surface area (Å²) in [6.45, 7) is 7.25. The fourth-order valence-corrected chi connectivity index (χ4v) is 3.64. The van der Waals surface area contributed by atoms with Crippen LogP contribution in [0, 0.1) is 6.92 Å². The van der Waals surface area contributed by atoms with Gasteiger partial charge in [0.25, 0.3) is 0 Å². The van der Waals surface area contributed by atoms with E-state index in [9.17, 15) is 9.59 Å². The summed E-state index contributed by atoms with van der Waals surface area (Å²) in [5.74, 6) is -0.129. The van der Waals surface area contributed by atoms with Crippen molar-refractivity contribution in [3.63, 3.8) is 0 Å². The van der Waals surface area contributed by atoms with E-state index in [1.165, 1.54) is 6.42 Å². The van der Waals surface area contributed by atoms with Crippen LogP contribution in [0.4, 0.5) is 5.69 Å². The number of likely N-dealkylation sites (tertiary alicyclic amines) is 1. The lowest BCUT2D eigenvalue weighted by Gasteiger charge is -2.30. The Bertz CT molecular complexity index is 665. The molecular formula is C20H31ClN4O2. The Morgan fingerprint density at radius 1 is 1.30 bits per heavy atom. The molecule has 7 heteroatoms. The molecule has 0 bridgehead atoms. The number of hydrogen-bond acceptors (Lipinski definition) is 4. The zero-order chi connectivity index (χ0) is 20.0. The van der Waals surface area contributed by atoms with Gasteiger partial charge >= 0.3 is 0 Å². The van der Waals surface area contributed by atoms with Crippen LogP contribution in [-0.2, 0) is 9.59 Å². The van der Waals surface area contributed by atoms with Crippen molar-refractivity contribution in [2.24, 2.45) is 0 Å². The third kappa shape index (κ3) is 6.19. The number of anilines is 1. The van der Waals surface area contributed by atoms with Gasteiger partial charge in [-0.25, -0.2) is 0 Å². The fourth-order valence-electron chi connectivity index (χ4n) is 3.47. The summed E-state index contributed by atoms with van der Waals surface area (Å²) in [7, 11) is 3.48. The van der Waals surface area contributed by atoms with Crippen LogP contribution >= 0.6 is 11.6 Å². The molecule has 1 saturated heterocycles. The number of carbonyl (C=O) groups is 2. The minimum Gasteiger partial charge on any atom is -0.348 e. The molecule has 1 aliphatic rings. The molecule has 1 N–H and O–H groups in total. The summed E-state index contributed by atoms with van der Waals surface area (Å²) in [5, 5.41) is 3.55. The van der Waals surface area contributed by atoms with Crippen molar-refractivity contribution in [1.29, 1.82) is 0 Å². The number of amides is 2.